The number of amides is 1. The van der Waals surface area contributed by atoms with Gasteiger partial charge in [0.2, 0.25) is 0 Å². The van der Waals surface area contributed by atoms with Crippen LogP contribution in [0.1, 0.15) is 41.9 Å². The van der Waals surface area contributed by atoms with E-state index in [1.54, 1.807) is 11.0 Å². The molecule has 0 radical (unpaired) electrons. The molecule has 0 aromatic carbocycles. The smallest absolute Gasteiger partial charge is 0.303 e. The van der Waals surface area contributed by atoms with Crippen molar-refractivity contribution < 1.29 is 14.7 Å². The first kappa shape index (κ1) is 13.6. The number of piperidine rings is 1. The highest BCUT2D eigenvalue weighted by Gasteiger charge is 2.25. The molecule has 0 aliphatic carbocycles. The Bertz CT molecular complexity index is 461. The van der Waals surface area contributed by atoms with E-state index in [0.717, 1.165) is 18.5 Å². The number of carbonyl (C=O) groups is 2. The van der Waals surface area contributed by atoms with E-state index >= 15 is 0 Å². The molecule has 1 fully saturated rings. The van der Waals surface area contributed by atoms with Crippen LogP contribution in [0.3, 0.4) is 0 Å². The Balaban J connectivity index is 1.83. The molecule has 6 nitrogen and oxygen atoms in total. The summed E-state index contributed by atoms with van der Waals surface area (Å²) in [6.45, 7) is 3.24. The van der Waals surface area contributed by atoms with Crippen LogP contribution in [0.25, 0.3) is 0 Å². The van der Waals surface area contributed by atoms with Crippen molar-refractivity contribution in [1.29, 1.82) is 0 Å². The minimum atomic E-state index is -0.745. The molecule has 0 spiro atoms. The van der Waals surface area contributed by atoms with Crippen molar-refractivity contribution in [2.45, 2.75) is 32.6 Å². The third kappa shape index (κ3) is 3.56. The van der Waals surface area contributed by atoms with Gasteiger partial charge in [0.25, 0.3) is 5.91 Å². The molecule has 1 aromatic heterocycles. The van der Waals surface area contributed by atoms with Crippen LogP contribution in [-0.2, 0) is 4.79 Å². The summed E-state index contributed by atoms with van der Waals surface area (Å²) in [7, 11) is 0. The predicted molar refractivity (Wildman–Crippen MR) is 68.8 cm³/mol. The number of nitrogens with one attached hydrogen (secondary N) is 1. The summed E-state index contributed by atoms with van der Waals surface area (Å²) in [5.74, 6) is -0.368. The Labute approximate surface area is 111 Å². The lowest BCUT2D eigenvalue weighted by Crippen LogP contribution is -2.38. The predicted octanol–water partition coefficient (Wildman–Crippen LogP) is 1.44. The summed E-state index contributed by atoms with van der Waals surface area (Å²) in [4.78, 5) is 24.5. The normalized spacial score (nSPS) is 16.6. The van der Waals surface area contributed by atoms with Gasteiger partial charge in [0.1, 0.15) is 5.69 Å². The van der Waals surface area contributed by atoms with Crippen LogP contribution in [0.2, 0.25) is 0 Å². The van der Waals surface area contributed by atoms with Crippen molar-refractivity contribution in [2.24, 2.45) is 5.92 Å². The van der Waals surface area contributed by atoms with Crippen LogP contribution in [0, 0.1) is 12.8 Å². The number of carboxylic acid groups (broad SMARTS) is 1. The fraction of sp³-hybridized carbons (Fsp3) is 0.615. The van der Waals surface area contributed by atoms with Crippen molar-refractivity contribution >= 4 is 11.9 Å². The zero-order chi connectivity index (χ0) is 13.8. The van der Waals surface area contributed by atoms with Gasteiger partial charge in [-0.25, -0.2) is 0 Å². The number of H-pyrrole nitrogens is 1. The van der Waals surface area contributed by atoms with Gasteiger partial charge >= 0.3 is 5.97 Å². The van der Waals surface area contributed by atoms with Gasteiger partial charge in [0.15, 0.2) is 0 Å². The number of likely N-dealkylation sites (tertiary alicyclic amines) is 1. The van der Waals surface area contributed by atoms with Gasteiger partial charge in [-0.1, -0.05) is 0 Å². The van der Waals surface area contributed by atoms with Gasteiger partial charge < -0.3 is 10.0 Å². The van der Waals surface area contributed by atoms with E-state index in [9.17, 15) is 9.59 Å². The molecule has 1 aromatic rings. The van der Waals surface area contributed by atoms with Crippen LogP contribution >= 0.6 is 0 Å². The number of hydrogen-bond donors (Lipinski definition) is 2. The molecule has 0 saturated carbocycles. The highest BCUT2D eigenvalue weighted by molar-refractivity contribution is 5.92. The van der Waals surface area contributed by atoms with Crippen molar-refractivity contribution in [3.63, 3.8) is 0 Å². The Morgan fingerprint density at radius 2 is 2.16 bits per heavy atom. The van der Waals surface area contributed by atoms with Gasteiger partial charge in [0.05, 0.1) is 0 Å². The van der Waals surface area contributed by atoms with E-state index in [-0.39, 0.29) is 12.3 Å². The lowest BCUT2D eigenvalue weighted by atomic mass is 9.92. The molecule has 1 aliphatic rings. The lowest BCUT2D eigenvalue weighted by Gasteiger charge is -2.31. The summed E-state index contributed by atoms with van der Waals surface area (Å²) in [6.07, 6.45) is 2.68. The number of carboxylic acids is 1. The molecule has 1 saturated heterocycles. The summed E-state index contributed by atoms with van der Waals surface area (Å²) in [6, 6.07) is 1.75. The molecule has 19 heavy (non-hydrogen) atoms. The molecule has 0 atom stereocenters. The molecular weight excluding hydrogens is 246 g/mol. The first-order valence-corrected chi connectivity index (χ1v) is 6.59. The third-order valence-corrected chi connectivity index (χ3v) is 3.59. The van der Waals surface area contributed by atoms with Crippen LogP contribution in [0.5, 0.6) is 0 Å². The summed E-state index contributed by atoms with van der Waals surface area (Å²) in [5, 5.41) is 15.4. The molecule has 2 N–H and O–H groups in total. The first-order valence-electron chi connectivity index (χ1n) is 6.59. The molecule has 104 valence electrons. The van der Waals surface area contributed by atoms with E-state index in [2.05, 4.69) is 10.2 Å². The number of aromatic nitrogens is 2. The zero-order valence-corrected chi connectivity index (χ0v) is 11.1. The van der Waals surface area contributed by atoms with Gasteiger partial charge in [-0.15, -0.1) is 0 Å². The number of nitrogens with zero attached hydrogens (tertiary/aromatic N) is 2. The topological polar surface area (TPSA) is 86.3 Å². The fourth-order valence-corrected chi connectivity index (χ4v) is 2.44. The molecule has 1 aliphatic heterocycles. The Kier molecular flexibility index (Phi) is 4.19. The van der Waals surface area contributed by atoms with Crippen molar-refractivity contribution in [3.8, 4) is 0 Å². The van der Waals surface area contributed by atoms with Crippen molar-refractivity contribution in [1.82, 2.24) is 15.1 Å². The van der Waals surface area contributed by atoms with Crippen LogP contribution < -0.4 is 0 Å². The minimum Gasteiger partial charge on any atom is -0.481 e. The van der Waals surface area contributed by atoms with Gasteiger partial charge in [-0.05, 0) is 38.2 Å². The number of hydrogen-bond acceptors (Lipinski definition) is 3. The average molecular weight is 265 g/mol. The highest BCUT2D eigenvalue weighted by atomic mass is 16.4. The second kappa shape index (κ2) is 5.86. The standard InChI is InChI=1S/C13H19N3O3/c1-9-8-11(15-14-9)13(19)16-6-4-10(5-7-16)2-3-12(17)18/h8,10H,2-7H2,1H3,(H,14,15)(H,17,18). The second-order valence-corrected chi connectivity index (χ2v) is 5.10. The van der Waals surface area contributed by atoms with E-state index in [1.165, 1.54) is 0 Å². The quantitative estimate of drug-likeness (QED) is 0.862. The maximum atomic E-state index is 12.1. The highest BCUT2D eigenvalue weighted by Crippen LogP contribution is 2.22. The minimum absolute atomic E-state index is 0.0407. The molecule has 0 unspecified atom stereocenters. The molecule has 0 bridgehead atoms. The molecule has 2 rings (SSSR count). The number of rotatable bonds is 4. The summed E-state index contributed by atoms with van der Waals surface area (Å²) in [5.41, 5.74) is 1.33. The van der Waals surface area contributed by atoms with Gasteiger partial charge in [0, 0.05) is 25.2 Å². The Morgan fingerprint density at radius 1 is 1.47 bits per heavy atom. The number of aryl methyl sites for hydroxylation is 1. The third-order valence-electron chi connectivity index (χ3n) is 3.59. The van der Waals surface area contributed by atoms with Crippen LogP contribution in [0.4, 0.5) is 0 Å². The number of aliphatic carboxylic acids is 1. The van der Waals surface area contributed by atoms with Crippen LogP contribution in [0.15, 0.2) is 6.07 Å². The van der Waals surface area contributed by atoms with Crippen molar-refractivity contribution in [3.05, 3.63) is 17.5 Å². The summed E-state index contributed by atoms with van der Waals surface area (Å²) < 4.78 is 0. The van der Waals surface area contributed by atoms with E-state index in [4.69, 9.17) is 5.11 Å². The fourth-order valence-electron chi connectivity index (χ4n) is 2.44. The maximum Gasteiger partial charge on any atom is 0.303 e. The Morgan fingerprint density at radius 3 is 2.68 bits per heavy atom. The average Bonchev–Trinajstić information content (AvgIpc) is 2.83. The van der Waals surface area contributed by atoms with Crippen LogP contribution in [-0.4, -0.2) is 45.2 Å². The lowest BCUT2D eigenvalue weighted by molar-refractivity contribution is -0.137. The van der Waals surface area contributed by atoms with E-state index in [1.807, 2.05) is 6.92 Å². The molecular formula is C13H19N3O3. The van der Waals surface area contributed by atoms with E-state index < -0.39 is 5.97 Å². The largest absolute Gasteiger partial charge is 0.481 e. The molecule has 2 heterocycles. The maximum absolute atomic E-state index is 12.1. The number of aromatic amines is 1. The zero-order valence-electron chi connectivity index (χ0n) is 11.1. The van der Waals surface area contributed by atoms with Gasteiger partial charge in [-0.3, -0.25) is 14.7 Å². The van der Waals surface area contributed by atoms with Gasteiger partial charge in [-0.2, -0.15) is 5.10 Å². The van der Waals surface area contributed by atoms with Crippen molar-refractivity contribution in [2.75, 3.05) is 13.1 Å². The second-order valence-electron chi connectivity index (χ2n) is 5.10. The molecule has 6 heteroatoms. The number of carbonyl (C=O) groups excluding carboxylic acids is 1. The SMILES string of the molecule is Cc1cc(C(=O)N2CCC(CCC(=O)O)CC2)n[nH]1. The Hall–Kier alpha value is -1.85. The van der Waals surface area contributed by atoms with E-state index in [0.29, 0.717) is 31.1 Å². The monoisotopic (exact) mass is 265 g/mol. The first-order chi connectivity index (χ1) is 9.06. The summed E-state index contributed by atoms with van der Waals surface area (Å²) >= 11 is 0. The molecule has 1 amide bonds.